The van der Waals surface area contributed by atoms with Crippen LogP contribution in [0.3, 0.4) is 0 Å². The van der Waals surface area contributed by atoms with Crippen molar-refractivity contribution >= 4 is 30.8 Å². The topological polar surface area (TPSA) is 91.7 Å². The molecule has 3 aromatic rings. The van der Waals surface area contributed by atoms with Crippen LogP contribution in [0.1, 0.15) is 48.4 Å². The summed E-state index contributed by atoms with van der Waals surface area (Å²) in [6, 6.07) is 17.3. The number of aromatic nitrogens is 1. The lowest BCUT2D eigenvalue weighted by Crippen LogP contribution is -2.32. The molecule has 2 atom stereocenters. The average Bonchev–Trinajstić information content (AvgIpc) is 2.82. The summed E-state index contributed by atoms with van der Waals surface area (Å²) >= 11 is 0. The quantitative estimate of drug-likeness (QED) is 0.305. The Labute approximate surface area is 219 Å². The van der Waals surface area contributed by atoms with E-state index in [9.17, 15) is 15.0 Å². The van der Waals surface area contributed by atoms with Crippen LogP contribution < -0.4 is 10.1 Å². The van der Waals surface area contributed by atoms with Crippen molar-refractivity contribution in [2.24, 2.45) is 5.92 Å². The Morgan fingerprint density at radius 1 is 1.03 bits per heavy atom. The molecule has 0 aliphatic carbocycles. The van der Waals surface area contributed by atoms with Crippen molar-refractivity contribution in [3.8, 4) is 16.9 Å². The summed E-state index contributed by atoms with van der Waals surface area (Å²) in [5.41, 5.74) is 4.05. The summed E-state index contributed by atoms with van der Waals surface area (Å²) in [5.74, 6) is -0.302. The molecule has 0 saturated carbocycles. The molecule has 1 heterocycles. The van der Waals surface area contributed by atoms with Crippen molar-refractivity contribution < 1.29 is 19.7 Å². The van der Waals surface area contributed by atoms with Gasteiger partial charge in [0.05, 0.1) is 12.7 Å². The fraction of sp³-hybridized carbons (Fsp3) is 0.333. The SMILES string of the molecule is CC(C)COc1cc(-c2ccc(C[C@@H](C)NC[C@@H](O)c3cccnc3)cc2)ccc1C(=O)O.Cl.Cl. The maximum absolute atomic E-state index is 11.5. The Morgan fingerprint density at radius 2 is 1.71 bits per heavy atom. The summed E-state index contributed by atoms with van der Waals surface area (Å²) in [4.78, 5) is 15.6. The fourth-order valence-electron chi connectivity index (χ4n) is 3.52. The number of pyridine rings is 1. The van der Waals surface area contributed by atoms with E-state index in [0.29, 0.717) is 24.8 Å². The molecule has 1 aromatic heterocycles. The number of halogens is 2. The summed E-state index contributed by atoms with van der Waals surface area (Å²) in [6.07, 6.45) is 3.60. The van der Waals surface area contributed by atoms with Gasteiger partial charge in [-0.2, -0.15) is 0 Å². The molecule has 0 fully saturated rings. The molecule has 35 heavy (non-hydrogen) atoms. The van der Waals surface area contributed by atoms with Gasteiger partial charge in [-0.1, -0.05) is 50.2 Å². The summed E-state index contributed by atoms with van der Waals surface area (Å²) < 4.78 is 5.76. The molecule has 0 saturated heterocycles. The number of carbonyl (C=O) groups is 1. The smallest absolute Gasteiger partial charge is 0.339 e. The van der Waals surface area contributed by atoms with E-state index in [0.717, 1.165) is 23.1 Å². The molecule has 0 radical (unpaired) electrons. The predicted octanol–water partition coefficient (Wildman–Crippen LogP) is 5.58. The minimum Gasteiger partial charge on any atom is -0.492 e. The fourth-order valence-corrected chi connectivity index (χ4v) is 3.52. The van der Waals surface area contributed by atoms with E-state index in [1.807, 2.05) is 44.2 Å². The van der Waals surface area contributed by atoms with Crippen LogP contribution in [0.25, 0.3) is 11.1 Å². The molecular weight excluding hydrogens is 487 g/mol. The van der Waals surface area contributed by atoms with Gasteiger partial charge in [-0.3, -0.25) is 4.98 Å². The average molecular weight is 521 g/mol. The number of aliphatic hydroxyl groups is 1. The highest BCUT2D eigenvalue weighted by Crippen LogP contribution is 2.28. The van der Waals surface area contributed by atoms with Crippen LogP contribution in [0.15, 0.2) is 67.0 Å². The van der Waals surface area contributed by atoms with Gasteiger partial charge >= 0.3 is 5.97 Å². The van der Waals surface area contributed by atoms with E-state index in [1.54, 1.807) is 24.5 Å². The van der Waals surface area contributed by atoms with Crippen molar-refractivity contribution in [3.63, 3.8) is 0 Å². The first-order valence-corrected chi connectivity index (χ1v) is 11.2. The van der Waals surface area contributed by atoms with Crippen LogP contribution in [0, 0.1) is 5.92 Å². The molecule has 190 valence electrons. The number of rotatable bonds is 11. The maximum Gasteiger partial charge on any atom is 0.339 e. The molecule has 0 amide bonds. The van der Waals surface area contributed by atoms with Crippen molar-refractivity contribution in [2.45, 2.75) is 39.3 Å². The minimum atomic E-state index is -0.995. The van der Waals surface area contributed by atoms with E-state index >= 15 is 0 Å². The van der Waals surface area contributed by atoms with Crippen molar-refractivity contribution in [3.05, 3.63) is 83.7 Å². The summed E-state index contributed by atoms with van der Waals surface area (Å²) in [5, 5.41) is 23.1. The third kappa shape index (κ3) is 9.15. The van der Waals surface area contributed by atoms with Gasteiger partial charge in [0.15, 0.2) is 0 Å². The molecule has 0 aliphatic rings. The number of nitrogens with one attached hydrogen (secondary N) is 1. The highest BCUT2D eigenvalue weighted by Gasteiger charge is 2.14. The van der Waals surface area contributed by atoms with Gasteiger partial charge in [0.1, 0.15) is 11.3 Å². The zero-order chi connectivity index (χ0) is 23.8. The van der Waals surface area contributed by atoms with Gasteiger partial charge in [0, 0.05) is 30.5 Å². The Hall–Kier alpha value is -2.64. The van der Waals surface area contributed by atoms with Gasteiger partial charge in [0.2, 0.25) is 0 Å². The maximum atomic E-state index is 11.5. The Kier molecular flexibility index (Phi) is 12.8. The second-order valence-electron chi connectivity index (χ2n) is 8.73. The predicted molar refractivity (Wildman–Crippen MR) is 144 cm³/mol. The van der Waals surface area contributed by atoms with Crippen molar-refractivity contribution in [2.75, 3.05) is 13.2 Å². The van der Waals surface area contributed by atoms with Crippen LogP contribution in [-0.2, 0) is 6.42 Å². The molecule has 0 aliphatic heterocycles. The van der Waals surface area contributed by atoms with Crippen LogP contribution in [0.2, 0.25) is 0 Å². The van der Waals surface area contributed by atoms with Gasteiger partial charge in [0.25, 0.3) is 0 Å². The van der Waals surface area contributed by atoms with E-state index in [1.165, 1.54) is 5.56 Å². The van der Waals surface area contributed by atoms with Crippen molar-refractivity contribution in [1.29, 1.82) is 0 Å². The van der Waals surface area contributed by atoms with Crippen LogP contribution in [0.5, 0.6) is 5.75 Å². The third-order valence-electron chi connectivity index (χ3n) is 5.34. The lowest BCUT2D eigenvalue weighted by Gasteiger charge is -2.17. The van der Waals surface area contributed by atoms with E-state index in [2.05, 4.69) is 29.4 Å². The van der Waals surface area contributed by atoms with E-state index < -0.39 is 12.1 Å². The molecule has 2 aromatic carbocycles. The summed E-state index contributed by atoms with van der Waals surface area (Å²) in [7, 11) is 0. The second kappa shape index (κ2) is 14.7. The van der Waals surface area contributed by atoms with Crippen LogP contribution >= 0.6 is 24.8 Å². The number of benzene rings is 2. The lowest BCUT2D eigenvalue weighted by molar-refractivity contribution is 0.0691. The molecule has 6 nitrogen and oxygen atoms in total. The number of carboxylic acid groups (broad SMARTS) is 1. The standard InChI is InChI=1S/C27H32N2O4.2ClH/c1-18(2)17-33-26-14-22(10-11-24(26)27(31)32)21-8-6-20(7-9-21)13-19(3)29-16-25(30)23-5-4-12-28-15-23;;/h4-12,14-15,18-19,25,29-30H,13,16-17H2,1-3H3,(H,31,32);2*1H/t19-,25-;;/m1../s1. The zero-order valence-electron chi connectivity index (χ0n) is 20.2. The highest BCUT2D eigenvalue weighted by atomic mass is 35.5. The number of carboxylic acids is 1. The first kappa shape index (κ1) is 30.4. The molecular formula is C27H34Cl2N2O4. The largest absolute Gasteiger partial charge is 0.492 e. The van der Waals surface area contributed by atoms with Crippen LogP contribution in [-0.4, -0.2) is 40.4 Å². The van der Waals surface area contributed by atoms with E-state index in [4.69, 9.17) is 4.74 Å². The monoisotopic (exact) mass is 520 g/mol. The van der Waals surface area contributed by atoms with Crippen LogP contribution in [0.4, 0.5) is 0 Å². The number of aliphatic hydroxyl groups excluding tert-OH is 1. The Bertz CT molecular complexity index is 1050. The second-order valence-corrected chi connectivity index (χ2v) is 8.73. The molecule has 0 unspecified atom stereocenters. The first-order valence-electron chi connectivity index (χ1n) is 11.2. The van der Waals surface area contributed by atoms with Gasteiger partial charge < -0.3 is 20.3 Å². The molecule has 3 rings (SSSR count). The van der Waals surface area contributed by atoms with Gasteiger partial charge in [-0.15, -0.1) is 24.8 Å². The minimum absolute atomic E-state index is 0. The van der Waals surface area contributed by atoms with Crippen molar-refractivity contribution in [1.82, 2.24) is 10.3 Å². The first-order chi connectivity index (χ1) is 15.8. The Morgan fingerprint density at radius 3 is 2.31 bits per heavy atom. The highest BCUT2D eigenvalue weighted by molar-refractivity contribution is 5.92. The molecule has 3 N–H and O–H groups in total. The third-order valence-corrected chi connectivity index (χ3v) is 5.34. The number of ether oxygens (including phenoxy) is 1. The number of hydrogen-bond donors (Lipinski definition) is 3. The zero-order valence-corrected chi connectivity index (χ0v) is 21.8. The number of hydrogen-bond acceptors (Lipinski definition) is 5. The molecule has 8 heteroatoms. The molecule has 0 bridgehead atoms. The Balaban J connectivity index is 0.00000306. The lowest BCUT2D eigenvalue weighted by atomic mass is 9.99. The van der Waals surface area contributed by atoms with Gasteiger partial charge in [-0.25, -0.2) is 4.79 Å². The van der Waals surface area contributed by atoms with E-state index in [-0.39, 0.29) is 36.4 Å². The normalized spacial score (nSPS) is 12.3. The number of nitrogens with zero attached hydrogens (tertiary/aromatic N) is 1. The molecule has 0 spiro atoms. The van der Waals surface area contributed by atoms with Gasteiger partial charge in [-0.05, 0) is 54.2 Å². The summed E-state index contributed by atoms with van der Waals surface area (Å²) in [6.45, 7) is 7.06. The number of aromatic carboxylic acids is 1.